The second-order valence-electron chi connectivity index (χ2n) is 6.68. The summed E-state index contributed by atoms with van der Waals surface area (Å²) in [5, 5.41) is 6.92. The number of hydrogen-bond acceptors (Lipinski definition) is 4. The van der Waals surface area contributed by atoms with E-state index in [0.717, 1.165) is 24.9 Å². The van der Waals surface area contributed by atoms with Crippen molar-refractivity contribution in [3.8, 4) is 0 Å². The largest absolute Gasteiger partial charge is 0.344 e. The Labute approximate surface area is 161 Å². The molecule has 2 N–H and O–H groups in total. The van der Waals surface area contributed by atoms with Gasteiger partial charge in [-0.3, -0.25) is 4.79 Å². The van der Waals surface area contributed by atoms with Gasteiger partial charge in [-0.2, -0.15) is 0 Å². The third-order valence-corrected chi connectivity index (χ3v) is 5.84. The van der Waals surface area contributed by atoms with E-state index in [1.165, 1.54) is 34.6 Å². The van der Waals surface area contributed by atoms with E-state index in [4.69, 9.17) is 0 Å². The lowest BCUT2D eigenvalue weighted by Gasteiger charge is -2.26. The second kappa shape index (κ2) is 7.48. The van der Waals surface area contributed by atoms with Crippen LogP contribution in [-0.4, -0.2) is 10.9 Å². The monoisotopic (exact) mass is 381 g/mol. The summed E-state index contributed by atoms with van der Waals surface area (Å²) in [6, 6.07) is 14.4. The summed E-state index contributed by atoms with van der Waals surface area (Å²) in [5.74, 6) is -0.387. The Balaban J connectivity index is 1.50. The number of hydrogen-bond donors (Lipinski definition) is 2. The van der Waals surface area contributed by atoms with E-state index in [9.17, 15) is 9.18 Å². The number of carbonyl (C=O) groups is 1. The Morgan fingerprint density at radius 3 is 2.78 bits per heavy atom. The molecule has 3 aromatic rings. The van der Waals surface area contributed by atoms with Crippen LogP contribution in [0.4, 0.5) is 15.2 Å². The number of benzene rings is 2. The fraction of sp³-hybridized carbons (Fsp3) is 0.238. The lowest BCUT2D eigenvalue weighted by atomic mass is 9.88. The van der Waals surface area contributed by atoms with Crippen molar-refractivity contribution in [3.63, 3.8) is 0 Å². The first-order chi connectivity index (χ1) is 13.1. The quantitative estimate of drug-likeness (QED) is 0.658. The molecule has 2 aromatic carbocycles. The van der Waals surface area contributed by atoms with Crippen LogP contribution in [0.5, 0.6) is 0 Å². The zero-order valence-corrected chi connectivity index (χ0v) is 15.8. The zero-order valence-electron chi connectivity index (χ0n) is 15.0. The minimum atomic E-state index is -0.288. The van der Waals surface area contributed by atoms with Crippen LogP contribution in [0.3, 0.4) is 0 Å². The molecule has 0 spiro atoms. The number of fused-ring (bicyclic) bond motifs is 1. The van der Waals surface area contributed by atoms with Gasteiger partial charge in [-0.05, 0) is 61.6 Å². The minimum Gasteiger partial charge on any atom is -0.344 e. The summed E-state index contributed by atoms with van der Waals surface area (Å²) in [6.07, 6.45) is 3.08. The molecule has 1 aliphatic carbocycles. The molecule has 1 aromatic heterocycles. The summed E-state index contributed by atoms with van der Waals surface area (Å²) in [4.78, 5) is 17.9. The normalized spacial score (nSPS) is 15.9. The van der Waals surface area contributed by atoms with Gasteiger partial charge in [0.05, 0.1) is 11.7 Å². The molecule has 0 fully saturated rings. The van der Waals surface area contributed by atoms with Gasteiger partial charge in [-0.25, -0.2) is 9.37 Å². The van der Waals surface area contributed by atoms with Crippen LogP contribution < -0.4 is 10.6 Å². The molecular formula is C21H20FN3OS. The maximum atomic E-state index is 13.0. The van der Waals surface area contributed by atoms with Gasteiger partial charge >= 0.3 is 0 Å². The molecule has 4 rings (SSSR count). The van der Waals surface area contributed by atoms with Crippen molar-refractivity contribution < 1.29 is 9.18 Å². The van der Waals surface area contributed by atoms with Crippen molar-refractivity contribution in [1.29, 1.82) is 0 Å². The van der Waals surface area contributed by atoms with Gasteiger partial charge in [0.2, 0.25) is 0 Å². The summed E-state index contributed by atoms with van der Waals surface area (Å²) in [5.41, 5.74) is 3.95. The number of nitrogens with zero attached hydrogens (tertiary/aromatic N) is 1. The van der Waals surface area contributed by atoms with Crippen molar-refractivity contribution in [2.45, 2.75) is 32.2 Å². The Kier molecular flexibility index (Phi) is 4.90. The molecule has 0 radical (unpaired) electrons. The first-order valence-electron chi connectivity index (χ1n) is 8.99. The number of aromatic nitrogens is 1. The fourth-order valence-electron chi connectivity index (χ4n) is 3.44. The number of aryl methyl sites for hydroxylation is 2. The van der Waals surface area contributed by atoms with Gasteiger partial charge in [-0.15, -0.1) is 0 Å². The first kappa shape index (κ1) is 17.7. The van der Waals surface area contributed by atoms with E-state index in [2.05, 4.69) is 27.8 Å². The Bertz CT molecular complexity index is 968. The molecule has 0 saturated carbocycles. The van der Waals surface area contributed by atoms with Crippen molar-refractivity contribution >= 4 is 28.1 Å². The molecule has 138 valence electrons. The van der Waals surface area contributed by atoms with Crippen molar-refractivity contribution in [3.05, 3.63) is 76.0 Å². The Morgan fingerprint density at radius 1 is 1.19 bits per heavy atom. The minimum absolute atomic E-state index is 0.0393. The summed E-state index contributed by atoms with van der Waals surface area (Å²) < 4.78 is 13.0. The third-order valence-electron chi connectivity index (χ3n) is 4.77. The van der Waals surface area contributed by atoms with E-state index < -0.39 is 0 Å². The molecule has 1 aliphatic rings. The molecule has 1 atom stereocenters. The molecule has 1 heterocycles. The maximum Gasteiger partial charge on any atom is 0.263 e. The molecular weight excluding hydrogens is 361 g/mol. The average molecular weight is 381 g/mol. The molecule has 0 unspecified atom stereocenters. The molecule has 0 aliphatic heterocycles. The highest BCUT2D eigenvalue weighted by Crippen LogP contribution is 2.31. The van der Waals surface area contributed by atoms with Gasteiger partial charge in [0.15, 0.2) is 5.13 Å². The first-order valence-corrected chi connectivity index (χ1v) is 9.80. The van der Waals surface area contributed by atoms with Gasteiger partial charge in [0.25, 0.3) is 5.91 Å². The van der Waals surface area contributed by atoms with Crippen LogP contribution in [0, 0.1) is 12.7 Å². The summed E-state index contributed by atoms with van der Waals surface area (Å²) in [7, 11) is 0. The van der Waals surface area contributed by atoms with E-state index in [1.807, 2.05) is 19.1 Å². The number of rotatable bonds is 4. The van der Waals surface area contributed by atoms with Crippen LogP contribution in [0.15, 0.2) is 48.5 Å². The molecule has 1 amide bonds. The maximum absolute atomic E-state index is 13.0. The predicted octanol–water partition coefficient (Wildman–Crippen LogP) is 5.14. The number of carbonyl (C=O) groups excluding carboxylic acids is 1. The van der Waals surface area contributed by atoms with Crippen molar-refractivity contribution in [2.75, 3.05) is 5.32 Å². The lowest BCUT2D eigenvalue weighted by molar-refractivity contribution is 0.0936. The van der Waals surface area contributed by atoms with Crippen molar-refractivity contribution in [1.82, 2.24) is 10.3 Å². The van der Waals surface area contributed by atoms with Crippen LogP contribution >= 0.6 is 11.3 Å². The summed E-state index contributed by atoms with van der Waals surface area (Å²) in [6.45, 7) is 1.83. The number of amides is 1. The molecule has 0 bridgehead atoms. The Morgan fingerprint density at radius 2 is 1.96 bits per heavy atom. The smallest absolute Gasteiger partial charge is 0.263 e. The number of halogens is 1. The standard InChI is InChI=1S/C21H20FN3OS/c1-13-19(27-21(23-13)24-16-11-9-15(22)10-12-16)20(26)25-18-8-4-6-14-5-2-3-7-17(14)18/h2-3,5,7,9-12,18H,4,6,8H2,1H3,(H,23,24)(H,25,26)/t18-/m0/s1. The highest BCUT2D eigenvalue weighted by molar-refractivity contribution is 7.17. The lowest BCUT2D eigenvalue weighted by Crippen LogP contribution is -2.30. The topological polar surface area (TPSA) is 54.0 Å². The van der Waals surface area contributed by atoms with E-state index in [1.54, 1.807) is 12.1 Å². The zero-order chi connectivity index (χ0) is 18.8. The van der Waals surface area contributed by atoms with Gasteiger partial charge < -0.3 is 10.6 Å². The highest BCUT2D eigenvalue weighted by atomic mass is 32.1. The highest BCUT2D eigenvalue weighted by Gasteiger charge is 2.24. The van der Waals surface area contributed by atoms with Crippen molar-refractivity contribution in [2.24, 2.45) is 0 Å². The fourth-order valence-corrected chi connectivity index (χ4v) is 4.33. The molecule has 0 saturated heterocycles. The molecule has 6 heteroatoms. The Hall–Kier alpha value is -2.73. The van der Waals surface area contributed by atoms with Gasteiger partial charge in [-0.1, -0.05) is 35.6 Å². The van der Waals surface area contributed by atoms with E-state index in [0.29, 0.717) is 15.7 Å². The number of nitrogens with one attached hydrogen (secondary N) is 2. The van der Waals surface area contributed by atoms with Crippen LogP contribution in [0.1, 0.15) is 45.4 Å². The van der Waals surface area contributed by atoms with E-state index in [-0.39, 0.29) is 17.8 Å². The van der Waals surface area contributed by atoms with Crippen LogP contribution in [-0.2, 0) is 6.42 Å². The number of thiazole rings is 1. The van der Waals surface area contributed by atoms with Gasteiger partial charge in [0.1, 0.15) is 10.7 Å². The average Bonchev–Trinajstić information content (AvgIpc) is 3.04. The molecule has 27 heavy (non-hydrogen) atoms. The number of anilines is 2. The van der Waals surface area contributed by atoms with Crippen LogP contribution in [0.2, 0.25) is 0 Å². The van der Waals surface area contributed by atoms with Gasteiger partial charge in [0, 0.05) is 5.69 Å². The SMILES string of the molecule is Cc1nc(Nc2ccc(F)cc2)sc1C(=O)N[C@H]1CCCc2ccccc21. The molecule has 4 nitrogen and oxygen atoms in total. The van der Waals surface area contributed by atoms with E-state index >= 15 is 0 Å². The second-order valence-corrected chi connectivity index (χ2v) is 7.68. The third kappa shape index (κ3) is 3.85. The predicted molar refractivity (Wildman–Crippen MR) is 106 cm³/mol. The summed E-state index contributed by atoms with van der Waals surface area (Å²) >= 11 is 1.31. The van der Waals surface area contributed by atoms with Crippen LogP contribution in [0.25, 0.3) is 0 Å².